The highest BCUT2D eigenvalue weighted by molar-refractivity contribution is 7.98. The van der Waals surface area contributed by atoms with Gasteiger partial charge >= 0.3 is 54.0 Å². The van der Waals surface area contributed by atoms with Crippen molar-refractivity contribution in [2.24, 2.45) is 35.1 Å². The van der Waals surface area contributed by atoms with E-state index in [-0.39, 0.29) is 81.7 Å². The lowest BCUT2D eigenvalue weighted by Crippen LogP contribution is -2.48. The quantitative estimate of drug-likeness (QED) is 0.0304. The molecule has 0 aromatic rings. The minimum atomic E-state index is -1.38. The van der Waals surface area contributed by atoms with Gasteiger partial charge in [0.1, 0.15) is 31.3 Å². The number of methoxy groups -OCH3 is 4. The molecule has 0 aromatic carbocycles. The molecule has 0 aliphatic rings. The highest BCUT2D eigenvalue weighted by Crippen LogP contribution is 2.09. The summed E-state index contributed by atoms with van der Waals surface area (Å²) < 4.78 is 38.5. The van der Waals surface area contributed by atoms with Crippen molar-refractivity contribution in [3.8, 4) is 0 Å². The van der Waals surface area contributed by atoms with E-state index in [0.29, 0.717) is 63.6 Å². The molecular formula is C63H124N6O26S2. The van der Waals surface area contributed by atoms with Gasteiger partial charge in [0.2, 0.25) is 11.8 Å². The first-order chi connectivity index (χ1) is 45.8. The van der Waals surface area contributed by atoms with E-state index >= 15 is 0 Å². The molecule has 0 saturated carbocycles. The molecule has 0 aliphatic carbocycles. The van der Waals surface area contributed by atoms with Gasteiger partial charge in [-0.1, -0.05) is 119 Å². The van der Waals surface area contributed by atoms with Crippen molar-refractivity contribution < 1.29 is 126 Å². The van der Waals surface area contributed by atoms with Gasteiger partial charge in [-0.15, -0.1) is 0 Å². The number of carboxylic acids is 7. The Morgan fingerprint density at radius 1 is 0.371 bits per heavy atom. The van der Waals surface area contributed by atoms with Crippen LogP contribution in [0.15, 0.2) is 0 Å². The fourth-order valence-corrected chi connectivity index (χ4v) is 7.83. The van der Waals surface area contributed by atoms with Crippen LogP contribution in [-0.4, -0.2) is 257 Å². The monoisotopic (exact) mass is 1440 g/mol. The third-order valence-electron chi connectivity index (χ3n) is 12.5. The molecule has 0 spiro atoms. The van der Waals surface area contributed by atoms with Crippen LogP contribution in [0.4, 0.5) is 9.59 Å². The Kier molecular flexibility index (Phi) is 81.9. The van der Waals surface area contributed by atoms with Crippen molar-refractivity contribution in [3.63, 3.8) is 0 Å². The molecule has 4 amide bonds. The Bertz CT molecular complexity index is 1870. The van der Waals surface area contributed by atoms with Gasteiger partial charge in [0.25, 0.3) is 0 Å². The molecule has 0 heterocycles. The lowest BCUT2D eigenvalue weighted by atomic mass is 10.1. The van der Waals surface area contributed by atoms with Gasteiger partial charge in [-0.2, -0.15) is 23.5 Å². The molecule has 0 aromatic heterocycles. The summed E-state index contributed by atoms with van der Waals surface area (Å²) in [5.74, 6) is -6.82. The van der Waals surface area contributed by atoms with Gasteiger partial charge in [0.15, 0.2) is 0 Å². The number of aliphatic carboxylic acids is 7. The fourth-order valence-electron chi connectivity index (χ4n) is 6.54. The summed E-state index contributed by atoms with van der Waals surface area (Å²) in [5.41, 5.74) is 11.5. The van der Waals surface area contributed by atoms with Gasteiger partial charge in [-0.25, -0.2) is 24.0 Å². The third kappa shape index (κ3) is 77.4. The molecular weight excluding hydrogens is 1320 g/mol. The number of rotatable bonds is 50. The molecule has 97 heavy (non-hydrogen) atoms. The van der Waals surface area contributed by atoms with Crippen molar-refractivity contribution in [1.29, 1.82) is 0 Å². The van der Waals surface area contributed by atoms with Crippen LogP contribution in [-0.2, 0) is 81.0 Å². The SMILES string of the molecule is CCCCCC(N)C(=O)NC(CCCCC)C(=O)O.CCCCCC(N)C(=O)NC(CCCCC)C(=O)O.COCC(C)C(=O)O.COCC(C)C(=O)O.COCCOCCOC(=O)NCC(NC(=O)OCCOCCOC)C(=O)O.CSCC(C)C(=O)O.CSCC(C)C(=O)O. The molecule has 15 N–H and O–H groups in total. The Hall–Kier alpha value is -5.85. The first-order valence-electron chi connectivity index (χ1n) is 32.4. The van der Waals surface area contributed by atoms with Crippen LogP contribution in [0.5, 0.6) is 0 Å². The lowest BCUT2D eigenvalue weighted by molar-refractivity contribution is -0.143. The second-order valence-electron chi connectivity index (χ2n) is 21.7. The van der Waals surface area contributed by atoms with E-state index in [2.05, 4.69) is 58.4 Å². The number of hydrogen-bond donors (Lipinski definition) is 13. The zero-order valence-corrected chi connectivity index (χ0v) is 61.7. The summed E-state index contributed by atoms with van der Waals surface area (Å²) in [6.07, 6.45) is 15.8. The number of carbonyl (C=O) groups excluding carboxylic acids is 4. The van der Waals surface area contributed by atoms with Gasteiger partial charge in [0.05, 0.1) is 95.2 Å². The average molecular weight is 1450 g/mol. The van der Waals surface area contributed by atoms with E-state index in [1.54, 1.807) is 51.2 Å². The molecule has 0 rings (SSSR count). The topological polar surface area (TPSA) is 503 Å². The normalized spacial score (nSPS) is 13.0. The van der Waals surface area contributed by atoms with Crippen molar-refractivity contribution in [2.75, 3.05) is 125 Å². The smallest absolute Gasteiger partial charge is 0.407 e. The van der Waals surface area contributed by atoms with E-state index < -0.39 is 84.2 Å². The van der Waals surface area contributed by atoms with Crippen LogP contribution in [0.1, 0.15) is 158 Å². The molecule has 0 radical (unpaired) electrons. The Morgan fingerprint density at radius 2 is 0.670 bits per heavy atom. The number of unbranched alkanes of at least 4 members (excludes halogenated alkanes) is 8. The molecule has 9 unspecified atom stereocenters. The molecule has 32 nitrogen and oxygen atoms in total. The third-order valence-corrected chi connectivity index (χ3v) is 14.2. The number of nitrogens with one attached hydrogen (secondary N) is 4. The lowest BCUT2D eigenvalue weighted by Gasteiger charge is -2.17. The molecule has 574 valence electrons. The second kappa shape index (κ2) is 75.9. The molecule has 0 bridgehead atoms. The minimum absolute atomic E-state index is 0.00811. The highest BCUT2D eigenvalue weighted by Gasteiger charge is 2.25. The number of nitrogens with two attached hydrogens (primary N) is 2. The van der Waals surface area contributed by atoms with Crippen molar-refractivity contribution in [3.05, 3.63) is 0 Å². The Labute approximate surface area is 583 Å². The Morgan fingerprint density at radius 3 is 0.918 bits per heavy atom. The molecule has 0 fully saturated rings. The number of thioether (sulfide) groups is 2. The van der Waals surface area contributed by atoms with Gasteiger partial charge in [0, 0.05) is 39.9 Å². The summed E-state index contributed by atoms with van der Waals surface area (Å²) >= 11 is 3.11. The van der Waals surface area contributed by atoms with Gasteiger partial charge < -0.3 is 106 Å². The van der Waals surface area contributed by atoms with E-state index in [4.69, 9.17) is 75.6 Å². The largest absolute Gasteiger partial charge is 0.481 e. The summed E-state index contributed by atoms with van der Waals surface area (Å²) in [4.78, 5) is 120. The zero-order valence-electron chi connectivity index (χ0n) is 60.1. The van der Waals surface area contributed by atoms with E-state index in [1.807, 2.05) is 12.5 Å². The summed E-state index contributed by atoms with van der Waals surface area (Å²) in [6.45, 7) is 16.9. The number of carbonyl (C=O) groups is 11. The van der Waals surface area contributed by atoms with Crippen molar-refractivity contribution in [1.82, 2.24) is 21.3 Å². The molecule has 34 heteroatoms. The minimum Gasteiger partial charge on any atom is -0.481 e. The number of alkyl carbamates (subject to hydrolysis) is 2. The van der Waals surface area contributed by atoms with Crippen LogP contribution in [0, 0.1) is 23.7 Å². The van der Waals surface area contributed by atoms with Crippen LogP contribution in [0.2, 0.25) is 0 Å². The standard InChI is InChI=1S/C15H28N2O10.2C14H28N2O3.2C5H10O3.2C5H10O2S/c1-22-3-5-24-7-9-26-14(20)16-11-12(13(18)19)17-15(21)27-10-8-25-6-4-23-2;2*1-3-5-7-9-11(15)13(17)16-12(14(18)19)10-8-6-4-2;4*1-4(3-8-2)5(6)7/h12H,3-11H2,1-2H3,(H,16,20)(H,17,21)(H,18,19);2*11-12H,3-10,15H2,1-2H3,(H,16,17)(H,18,19);4*4H,3H2,1-2H3,(H,6,7). The first-order valence-corrected chi connectivity index (χ1v) is 35.2. The zero-order chi connectivity index (χ0) is 76.0. The maximum atomic E-state index is 11.8. The summed E-state index contributed by atoms with van der Waals surface area (Å²) in [5, 5.41) is 69.7. The highest BCUT2D eigenvalue weighted by atomic mass is 32.2. The number of carboxylic acid groups (broad SMARTS) is 7. The van der Waals surface area contributed by atoms with Crippen LogP contribution in [0.3, 0.4) is 0 Å². The van der Waals surface area contributed by atoms with Crippen LogP contribution >= 0.6 is 23.5 Å². The number of ether oxygens (including phenoxy) is 8. The average Bonchev–Trinajstić information content (AvgIpc) is 1.55. The van der Waals surface area contributed by atoms with E-state index in [1.165, 1.54) is 28.4 Å². The predicted octanol–water partition coefficient (Wildman–Crippen LogP) is 6.15. The first kappa shape index (κ1) is 105. The molecule has 0 saturated heterocycles. The van der Waals surface area contributed by atoms with Gasteiger partial charge in [-0.05, 0) is 52.0 Å². The summed E-state index contributed by atoms with van der Waals surface area (Å²) in [7, 11) is 6.03. The van der Waals surface area contributed by atoms with E-state index in [9.17, 15) is 52.7 Å². The van der Waals surface area contributed by atoms with Gasteiger partial charge in [-0.3, -0.25) is 28.8 Å². The summed E-state index contributed by atoms with van der Waals surface area (Å²) in [6, 6.07) is -4.19. The fraction of sp³-hybridized carbons (Fsp3) is 0.825. The number of hydrogen-bond acceptors (Lipinski definition) is 23. The van der Waals surface area contributed by atoms with Crippen molar-refractivity contribution in [2.45, 2.75) is 188 Å². The Balaban J connectivity index is -0.000000207. The van der Waals surface area contributed by atoms with E-state index in [0.717, 1.165) is 77.0 Å². The molecule has 0 aliphatic heterocycles. The van der Waals surface area contributed by atoms with Crippen LogP contribution < -0.4 is 32.7 Å². The van der Waals surface area contributed by atoms with Crippen LogP contribution in [0.25, 0.3) is 0 Å². The second-order valence-corrected chi connectivity index (χ2v) is 23.5. The van der Waals surface area contributed by atoms with Crippen molar-refractivity contribution >= 4 is 89.3 Å². The number of amides is 4. The maximum Gasteiger partial charge on any atom is 0.407 e. The maximum absolute atomic E-state index is 11.8. The molecule has 9 atom stereocenters. The predicted molar refractivity (Wildman–Crippen MR) is 370 cm³/mol.